The first-order chi connectivity index (χ1) is 8.10. The Balaban J connectivity index is 2.03. The Hall–Kier alpha value is -0.430. The van der Waals surface area contributed by atoms with Crippen LogP contribution in [-0.2, 0) is 16.6 Å². The Bertz CT molecular complexity index is 436. The predicted molar refractivity (Wildman–Crippen MR) is 70.6 cm³/mol. The molecule has 0 radical (unpaired) electrons. The van der Waals surface area contributed by atoms with Gasteiger partial charge in [-0.05, 0) is 30.8 Å². The van der Waals surface area contributed by atoms with Gasteiger partial charge in [0.25, 0.3) is 0 Å². The van der Waals surface area contributed by atoms with Crippen LogP contribution in [0.15, 0.2) is 17.5 Å². The van der Waals surface area contributed by atoms with Gasteiger partial charge in [0, 0.05) is 25.0 Å². The van der Waals surface area contributed by atoms with E-state index in [2.05, 4.69) is 5.32 Å². The van der Waals surface area contributed by atoms with E-state index in [1.54, 1.807) is 18.4 Å². The van der Waals surface area contributed by atoms with Crippen LogP contribution < -0.4 is 5.32 Å². The van der Waals surface area contributed by atoms with Crippen LogP contribution in [0.4, 0.5) is 0 Å². The summed E-state index contributed by atoms with van der Waals surface area (Å²) in [5.74, 6) is 0. The second-order valence-corrected chi connectivity index (χ2v) is 7.70. The Morgan fingerprint density at radius 1 is 1.59 bits per heavy atom. The molecule has 0 amide bonds. The van der Waals surface area contributed by atoms with Gasteiger partial charge < -0.3 is 5.32 Å². The van der Waals surface area contributed by atoms with E-state index in [1.165, 1.54) is 4.31 Å². The smallest absolute Gasteiger partial charge is 0.218 e. The standard InChI is InChI=1S/C11H18N2O2S2/c1-13(9-10-4-3-7-16-10)17(14,15)11-5-2-6-12-8-11/h3-4,7,11-12H,2,5-6,8-9H2,1H3. The van der Waals surface area contributed by atoms with Crippen LogP contribution in [0.1, 0.15) is 17.7 Å². The molecular formula is C11H18N2O2S2. The van der Waals surface area contributed by atoms with Gasteiger partial charge in [-0.2, -0.15) is 4.31 Å². The van der Waals surface area contributed by atoms with Gasteiger partial charge in [0.1, 0.15) is 0 Å². The molecule has 2 heterocycles. The summed E-state index contributed by atoms with van der Waals surface area (Å²) in [5, 5.41) is 4.86. The lowest BCUT2D eigenvalue weighted by Gasteiger charge is -2.27. The van der Waals surface area contributed by atoms with Crippen molar-refractivity contribution in [2.75, 3.05) is 20.1 Å². The number of rotatable bonds is 4. The van der Waals surface area contributed by atoms with Gasteiger partial charge in [0.15, 0.2) is 0 Å². The van der Waals surface area contributed by atoms with Crippen molar-refractivity contribution in [3.63, 3.8) is 0 Å². The Morgan fingerprint density at radius 3 is 3.00 bits per heavy atom. The summed E-state index contributed by atoms with van der Waals surface area (Å²) >= 11 is 1.59. The van der Waals surface area contributed by atoms with Crippen molar-refractivity contribution in [1.82, 2.24) is 9.62 Å². The van der Waals surface area contributed by atoms with Gasteiger partial charge in [-0.3, -0.25) is 0 Å². The minimum absolute atomic E-state index is 0.263. The quantitative estimate of drug-likeness (QED) is 0.899. The lowest BCUT2D eigenvalue weighted by molar-refractivity contribution is 0.431. The monoisotopic (exact) mass is 274 g/mol. The van der Waals surface area contributed by atoms with E-state index < -0.39 is 10.0 Å². The molecule has 96 valence electrons. The molecule has 0 saturated carbocycles. The number of nitrogens with zero attached hydrogens (tertiary/aromatic N) is 1. The second-order valence-electron chi connectivity index (χ2n) is 4.35. The molecule has 0 aliphatic carbocycles. The maximum atomic E-state index is 12.3. The van der Waals surface area contributed by atoms with Crippen molar-refractivity contribution in [3.8, 4) is 0 Å². The van der Waals surface area contributed by atoms with Crippen molar-refractivity contribution >= 4 is 21.4 Å². The first-order valence-corrected chi connectivity index (χ1v) is 8.17. The third-order valence-corrected chi connectivity index (χ3v) is 6.17. The van der Waals surface area contributed by atoms with Crippen molar-refractivity contribution in [2.24, 2.45) is 0 Å². The largest absolute Gasteiger partial charge is 0.315 e. The maximum Gasteiger partial charge on any atom is 0.218 e. The van der Waals surface area contributed by atoms with Crippen LogP contribution in [0.5, 0.6) is 0 Å². The minimum atomic E-state index is -3.16. The molecular weight excluding hydrogens is 256 g/mol. The van der Waals surface area contributed by atoms with Crippen LogP contribution in [0.25, 0.3) is 0 Å². The molecule has 0 aromatic carbocycles. The molecule has 6 heteroatoms. The first kappa shape index (κ1) is 13.0. The highest BCUT2D eigenvalue weighted by Gasteiger charge is 2.30. The number of nitrogens with one attached hydrogen (secondary N) is 1. The number of thiophene rings is 1. The number of hydrogen-bond donors (Lipinski definition) is 1. The van der Waals surface area contributed by atoms with E-state index in [1.807, 2.05) is 17.5 Å². The van der Waals surface area contributed by atoms with E-state index in [0.29, 0.717) is 13.1 Å². The zero-order chi connectivity index (χ0) is 12.3. The van der Waals surface area contributed by atoms with E-state index >= 15 is 0 Å². The number of hydrogen-bond acceptors (Lipinski definition) is 4. The van der Waals surface area contributed by atoms with Crippen LogP contribution in [0, 0.1) is 0 Å². The van der Waals surface area contributed by atoms with Crippen LogP contribution in [-0.4, -0.2) is 38.1 Å². The van der Waals surface area contributed by atoms with E-state index in [9.17, 15) is 8.42 Å². The third-order valence-electron chi connectivity index (χ3n) is 3.07. The fourth-order valence-corrected chi connectivity index (χ4v) is 4.50. The molecule has 4 nitrogen and oxygen atoms in total. The highest BCUT2D eigenvalue weighted by molar-refractivity contribution is 7.89. The normalized spacial score (nSPS) is 21.9. The average Bonchev–Trinajstić information content (AvgIpc) is 2.83. The fourth-order valence-electron chi connectivity index (χ4n) is 2.04. The Morgan fingerprint density at radius 2 is 2.41 bits per heavy atom. The maximum absolute atomic E-state index is 12.3. The molecule has 0 bridgehead atoms. The Kier molecular flexibility index (Phi) is 4.19. The Labute approximate surface area is 107 Å². The van der Waals surface area contributed by atoms with Crippen LogP contribution in [0.2, 0.25) is 0 Å². The summed E-state index contributed by atoms with van der Waals surface area (Å²) in [6.45, 7) is 1.99. The van der Waals surface area contributed by atoms with Crippen LogP contribution >= 0.6 is 11.3 Å². The molecule has 17 heavy (non-hydrogen) atoms. The summed E-state index contributed by atoms with van der Waals surface area (Å²) < 4.78 is 26.1. The molecule has 0 spiro atoms. The van der Waals surface area contributed by atoms with Gasteiger partial charge in [-0.15, -0.1) is 11.3 Å². The molecule has 1 aliphatic heterocycles. The molecule has 1 saturated heterocycles. The van der Waals surface area contributed by atoms with Crippen molar-refractivity contribution in [1.29, 1.82) is 0 Å². The lowest BCUT2D eigenvalue weighted by Crippen LogP contribution is -2.44. The number of sulfonamides is 1. The second kappa shape index (κ2) is 5.48. The summed E-state index contributed by atoms with van der Waals surface area (Å²) in [7, 11) is -1.49. The van der Waals surface area contributed by atoms with Gasteiger partial charge >= 0.3 is 0 Å². The number of piperidine rings is 1. The summed E-state index contributed by atoms with van der Waals surface area (Å²) in [6.07, 6.45) is 1.71. The molecule has 1 aliphatic rings. The molecule has 1 N–H and O–H groups in total. The van der Waals surface area contributed by atoms with Gasteiger partial charge in [-0.1, -0.05) is 6.07 Å². The zero-order valence-corrected chi connectivity index (χ0v) is 11.6. The minimum Gasteiger partial charge on any atom is -0.315 e. The summed E-state index contributed by atoms with van der Waals surface area (Å²) in [4.78, 5) is 1.08. The zero-order valence-electron chi connectivity index (χ0n) is 9.93. The predicted octanol–water partition coefficient (Wildman–Crippen LogP) is 1.26. The highest BCUT2D eigenvalue weighted by Crippen LogP contribution is 2.19. The van der Waals surface area contributed by atoms with E-state index in [0.717, 1.165) is 24.3 Å². The third kappa shape index (κ3) is 3.07. The van der Waals surface area contributed by atoms with Gasteiger partial charge in [0.05, 0.1) is 5.25 Å². The summed E-state index contributed by atoms with van der Waals surface area (Å²) in [5.41, 5.74) is 0. The SMILES string of the molecule is CN(Cc1cccs1)S(=O)(=O)C1CCCNC1. The average molecular weight is 274 g/mol. The van der Waals surface area contributed by atoms with E-state index in [-0.39, 0.29) is 5.25 Å². The molecule has 1 aromatic rings. The molecule has 1 unspecified atom stereocenters. The van der Waals surface area contributed by atoms with Crippen molar-refractivity contribution in [3.05, 3.63) is 22.4 Å². The topological polar surface area (TPSA) is 49.4 Å². The molecule has 1 atom stereocenters. The van der Waals surface area contributed by atoms with Crippen molar-refractivity contribution in [2.45, 2.75) is 24.6 Å². The van der Waals surface area contributed by atoms with Crippen LogP contribution in [0.3, 0.4) is 0 Å². The van der Waals surface area contributed by atoms with E-state index in [4.69, 9.17) is 0 Å². The lowest BCUT2D eigenvalue weighted by atomic mass is 10.2. The molecule has 2 rings (SSSR count). The van der Waals surface area contributed by atoms with Crippen molar-refractivity contribution < 1.29 is 8.42 Å². The van der Waals surface area contributed by atoms with Gasteiger partial charge in [-0.25, -0.2) is 8.42 Å². The summed E-state index contributed by atoms with van der Waals surface area (Å²) in [6, 6.07) is 3.92. The van der Waals surface area contributed by atoms with Gasteiger partial charge in [0.2, 0.25) is 10.0 Å². The first-order valence-electron chi connectivity index (χ1n) is 5.79. The molecule has 1 fully saturated rings. The highest BCUT2D eigenvalue weighted by atomic mass is 32.2. The molecule has 1 aromatic heterocycles. The fraction of sp³-hybridized carbons (Fsp3) is 0.636.